The summed E-state index contributed by atoms with van der Waals surface area (Å²) in [6.07, 6.45) is 1.30. The molecule has 0 bridgehead atoms. The van der Waals surface area contributed by atoms with E-state index in [0.717, 1.165) is 15.0 Å². The topological polar surface area (TPSA) is 66.9 Å². The van der Waals surface area contributed by atoms with E-state index in [0.29, 0.717) is 0 Å². The second-order valence-corrected chi connectivity index (χ2v) is 4.20. The van der Waals surface area contributed by atoms with Crippen LogP contribution in [0.25, 0.3) is 16.2 Å². The third-order valence-corrected chi connectivity index (χ3v) is 3.10. The quantitative estimate of drug-likeness (QED) is 0.452. The molecule has 0 atom stereocenters. The minimum atomic E-state index is -0.676. The first-order valence-corrected chi connectivity index (χ1v) is 5.27. The number of hydrogen-bond donors (Lipinski definition) is 0. The maximum atomic E-state index is 10.5. The van der Waals surface area contributed by atoms with Gasteiger partial charge in [-0.3, -0.25) is 10.1 Å². The van der Waals surface area contributed by atoms with Crippen molar-refractivity contribution in [2.24, 2.45) is 0 Å². The van der Waals surface area contributed by atoms with Gasteiger partial charge in [-0.1, -0.05) is 18.2 Å². The lowest BCUT2D eigenvalue weighted by atomic mass is 10.2. The van der Waals surface area contributed by atoms with Crippen molar-refractivity contribution < 1.29 is 4.92 Å². The molecule has 0 radical (unpaired) electrons. The van der Waals surface area contributed by atoms with E-state index < -0.39 is 10.6 Å². The average molecular weight is 230 g/mol. The van der Waals surface area contributed by atoms with Gasteiger partial charge in [0.25, 0.3) is 0 Å². The molecular weight excluding hydrogens is 224 g/mol. The third kappa shape index (κ3) is 1.92. The molecule has 0 spiro atoms. The summed E-state index contributed by atoms with van der Waals surface area (Å²) in [6.45, 7) is 0. The van der Waals surface area contributed by atoms with E-state index in [1.54, 1.807) is 6.07 Å². The van der Waals surface area contributed by atoms with Crippen LogP contribution in [0.3, 0.4) is 0 Å². The van der Waals surface area contributed by atoms with Crippen molar-refractivity contribution in [2.45, 2.75) is 0 Å². The zero-order chi connectivity index (χ0) is 11.5. The molecule has 0 N–H and O–H groups in total. The molecular formula is C11H6N2O2S. The van der Waals surface area contributed by atoms with E-state index in [9.17, 15) is 10.1 Å². The lowest BCUT2D eigenvalue weighted by Crippen LogP contribution is -1.94. The molecule has 2 aromatic rings. The third-order valence-electron chi connectivity index (χ3n) is 2.03. The normalized spacial score (nSPS) is 11.3. The Hall–Kier alpha value is -2.19. The molecule has 0 aliphatic rings. The molecule has 0 fully saturated rings. The standard InChI is InChI=1S/C11H6N2O2S/c12-7-9(13(14)15)6-10-5-8-3-1-2-4-11(8)16-10/h1-6H/b9-6-. The van der Waals surface area contributed by atoms with Gasteiger partial charge in [-0.15, -0.1) is 11.3 Å². The van der Waals surface area contributed by atoms with Gasteiger partial charge >= 0.3 is 5.70 Å². The van der Waals surface area contributed by atoms with Crippen molar-refractivity contribution in [2.75, 3.05) is 0 Å². The molecule has 0 aliphatic heterocycles. The fourth-order valence-electron chi connectivity index (χ4n) is 1.33. The fraction of sp³-hybridized carbons (Fsp3) is 0. The molecule has 2 rings (SSSR count). The lowest BCUT2D eigenvalue weighted by Gasteiger charge is -1.84. The number of rotatable bonds is 2. The SMILES string of the molecule is N#C/C(=C/c1cc2ccccc2s1)[N+](=O)[O-]. The summed E-state index contributed by atoms with van der Waals surface area (Å²) in [6, 6.07) is 11.1. The lowest BCUT2D eigenvalue weighted by molar-refractivity contribution is -0.415. The zero-order valence-corrected chi connectivity index (χ0v) is 8.90. The van der Waals surface area contributed by atoms with Crippen molar-refractivity contribution >= 4 is 27.5 Å². The largest absolute Gasteiger partial charge is 0.346 e. The van der Waals surface area contributed by atoms with Gasteiger partial charge in [0.2, 0.25) is 0 Å². The monoisotopic (exact) mass is 230 g/mol. The van der Waals surface area contributed by atoms with Crippen LogP contribution < -0.4 is 0 Å². The molecule has 5 heteroatoms. The number of thiophene rings is 1. The van der Waals surface area contributed by atoms with E-state index >= 15 is 0 Å². The number of hydrogen-bond acceptors (Lipinski definition) is 4. The number of nitro groups is 1. The van der Waals surface area contributed by atoms with Crippen LogP contribution in [0.15, 0.2) is 36.0 Å². The number of fused-ring (bicyclic) bond motifs is 1. The fourth-order valence-corrected chi connectivity index (χ4v) is 2.34. The van der Waals surface area contributed by atoms with Crippen molar-refractivity contribution in [3.63, 3.8) is 0 Å². The van der Waals surface area contributed by atoms with Crippen LogP contribution in [0.1, 0.15) is 4.88 Å². The molecule has 0 aliphatic carbocycles. The van der Waals surface area contributed by atoms with E-state index in [2.05, 4.69) is 0 Å². The zero-order valence-electron chi connectivity index (χ0n) is 8.08. The Bertz CT molecular complexity index is 589. The first-order valence-electron chi connectivity index (χ1n) is 4.45. The van der Waals surface area contributed by atoms with Gasteiger partial charge < -0.3 is 0 Å². The first kappa shape index (κ1) is 10.3. The van der Waals surface area contributed by atoms with Crippen LogP contribution >= 0.6 is 11.3 Å². The Morgan fingerprint density at radius 1 is 1.50 bits per heavy atom. The first-order chi connectivity index (χ1) is 7.70. The van der Waals surface area contributed by atoms with Crippen LogP contribution in [0.4, 0.5) is 0 Å². The Kier molecular flexibility index (Phi) is 2.66. The molecule has 4 nitrogen and oxygen atoms in total. The van der Waals surface area contributed by atoms with Crippen LogP contribution in [-0.4, -0.2) is 4.92 Å². The highest BCUT2D eigenvalue weighted by atomic mass is 32.1. The van der Waals surface area contributed by atoms with Crippen LogP contribution in [0.5, 0.6) is 0 Å². The number of benzene rings is 1. The van der Waals surface area contributed by atoms with Gasteiger partial charge in [-0.25, -0.2) is 0 Å². The molecule has 16 heavy (non-hydrogen) atoms. The minimum absolute atomic E-state index is 0.438. The van der Waals surface area contributed by atoms with Crippen LogP contribution in [-0.2, 0) is 0 Å². The Balaban J connectivity index is 2.49. The predicted molar refractivity (Wildman–Crippen MR) is 62.4 cm³/mol. The summed E-state index contributed by atoms with van der Waals surface area (Å²) < 4.78 is 1.05. The molecule has 0 amide bonds. The highest BCUT2D eigenvalue weighted by Gasteiger charge is 2.09. The molecule has 78 valence electrons. The second kappa shape index (κ2) is 4.13. The Labute approximate surface area is 95.2 Å². The van der Waals surface area contributed by atoms with Crippen molar-refractivity contribution in [3.05, 3.63) is 51.0 Å². The predicted octanol–water partition coefficient (Wildman–Crippen LogP) is 3.04. The van der Waals surface area contributed by atoms with Gasteiger partial charge in [0, 0.05) is 15.7 Å². The highest BCUT2D eigenvalue weighted by molar-refractivity contribution is 7.19. The maximum Gasteiger partial charge on any atom is 0.346 e. The number of allylic oxidation sites excluding steroid dienone is 1. The minimum Gasteiger partial charge on any atom is -0.258 e. The summed E-state index contributed by atoms with van der Waals surface area (Å²) in [5, 5.41) is 20.1. The molecule has 1 aromatic carbocycles. The van der Waals surface area contributed by atoms with Gasteiger partial charge in [0.05, 0.1) is 4.92 Å². The Morgan fingerprint density at radius 2 is 2.25 bits per heavy atom. The van der Waals surface area contributed by atoms with Gasteiger partial charge in [-0.2, -0.15) is 5.26 Å². The molecule has 1 heterocycles. The van der Waals surface area contributed by atoms with E-state index in [4.69, 9.17) is 5.26 Å². The summed E-state index contributed by atoms with van der Waals surface area (Å²) in [7, 11) is 0. The van der Waals surface area contributed by atoms with Crippen LogP contribution in [0, 0.1) is 21.4 Å². The van der Waals surface area contributed by atoms with E-state index in [-0.39, 0.29) is 0 Å². The average Bonchev–Trinajstić information content (AvgIpc) is 2.67. The van der Waals surface area contributed by atoms with Gasteiger partial charge in [-0.05, 0) is 17.5 Å². The number of nitrogens with zero attached hydrogens (tertiary/aromatic N) is 2. The maximum absolute atomic E-state index is 10.5. The smallest absolute Gasteiger partial charge is 0.258 e. The number of nitriles is 1. The Morgan fingerprint density at radius 3 is 2.88 bits per heavy atom. The van der Waals surface area contributed by atoms with Crippen molar-refractivity contribution in [1.29, 1.82) is 5.26 Å². The van der Waals surface area contributed by atoms with Crippen molar-refractivity contribution in [1.82, 2.24) is 0 Å². The van der Waals surface area contributed by atoms with Crippen LogP contribution in [0.2, 0.25) is 0 Å². The molecule has 0 unspecified atom stereocenters. The van der Waals surface area contributed by atoms with E-state index in [1.165, 1.54) is 17.4 Å². The van der Waals surface area contributed by atoms with Gasteiger partial charge in [0.1, 0.15) is 0 Å². The second-order valence-electron chi connectivity index (χ2n) is 3.09. The highest BCUT2D eigenvalue weighted by Crippen LogP contribution is 2.26. The summed E-state index contributed by atoms with van der Waals surface area (Å²) in [5.41, 5.74) is -0.438. The summed E-state index contributed by atoms with van der Waals surface area (Å²) >= 11 is 1.43. The molecule has 0 saturated carbocycles. The molecule has 0 saturated heterocycles. The van der Waals surface area contributed by atoms with Crippen molar-refractivity contribution in [3.8, 4) is 6.07 Å². The van der Waals surface area contributed by atoms with E-state index in [1.807, 2.05) is 30.3 Å². The summed E-state index contributed by atoms with van der Waals surface area (Å²) in [5.74, 6) is 0. The molecule has 1 aromatic heterocycles. The summed E-state index contributed by atoms with van der Waals surface area (Å²) in [4.78, 5) is 10.5. The van der Waals surface area contributed by atoms with Gasteiger partial charge in [0.15, 0.2) is 6.07 Å².